The van der Waals surface area contributed by atoms with Gasteiger partial charge in [-0.3, -0.25) is 4.79 Å². The molecule has 0 heterocycles. The van der Waals surface area contributed by atoms with Gasteiger partial charge in [0.2, 0.25) is 0 Å². The molecule has 0 aromatic carbocycles. The predicted octanol–water partition coefficient (Wildman–Crippen LogP) is 2.02. The molecular weight excluding hydrogens is 260 g/mol. The average molecular weight is 286 g/mol. The average Bonchev–Trinajstić information content (AvgIpc) is 2.72. The molecule has 1 amide bonds. The van der Waals surface area contributed by atoms with Crippen molar-refractivity contribution in [2.75, 3.05) is 0 Å². The van der Waals surface area contributed by atoms with Gasteiger partial charge in [-0.15, -0.1) is 0 Å². The van der Waals surface area contributed by atoms with Crippen LogP contribution in [0.5, 0.6) is 0 Å². The van der Waals surface area contributed by atoms with E-state index in [2.05, 4.69) is 5.32 Å². The summed E-state index contributed by atoms with van der Waals surface area (Å²) in [5, 5.41) is 11.6. The topological polar surface area (TPSA) is 102 Å². The lowest BCUT2D eigenvalue weighted by molar-refractivity contribution is -0.137. The molecule has 1 fully saturated rings. The van der Waals surface area contributed by atoms with Crippen LogP contribution in [0.4, 0.5) is 4.79 Å². The Morgan fingerprint density at radius 1 is 1.35 bits per heavy atom. The summed E-state index contributed by atoms with van der Waals surface area (Å²) in [4.78, 5) is 22.6. The molecule has 1 atom stereocenters. The molecule has 116 valence electrons. The van der Waals surface area contributed by atoms with E-state index in [-0.39, 0.29) is 12.5 Å². The van der Waals surface area contributed by atoms with Crippen LogP contribution in [0.15, 0.2) is 0 Å². The molecule has 0 saturated heterocycles. The molecule has 1 aliphatic carbocycles. The maximum Gasteiger partial charge on any atom is 0.408 e. The molecule has 0 bridgehead atoms. The molecule has 20 heavy (non-hydrogen) atoms. The van der Waals surface area contributed by atoms with E-state index in [1.54, 1.807) is 20.8 Å². The van der Waals surface area contributed by atoms with E-state index < -0.39 is 23.2 Å². The summed E-state index contributed by atoms with van der Waals surface area (Å²) in [5.41, 5.74) is 5.05. The molecule has 4 N–H and O–H groups in total. The van der Waals surface area contributed by atoms with Crippen LogP contribution in [0.2, 0.25) is 0 Å². The largest absolute Gasteiger partial charge is 0.481 e. The van der Waals surface area contributed by atoms with Crippen LogP contribution in [0.1, 0.15) is 59.3 Å². The molecule has 0 aliphatic heterocycles. The summed E-state index contributed by atoms with van der Waals surface area (Å²) in [6.07, 6.45) is 3.39. The molecule has 0 aromatic heterocycles. The van der Waals surface area contributed by atoms with Gasteiger partial charge in [0, 0.05) is 12.5 Å². The molecule has 6 heteroatoms. The number of carbonyl (C=O) groups is 2. The maximum absolute atomic E-state index is 12.0. The number of rotatable bonds is 5. The summed E-state index contributed by atoms with van der Waals surface area (Å²) >= 11 is 0. The minimum atomic E-state index is -0.870. The number of carboxylic acid groups (broad SMARTS) is 1. The minimum absolute atomic E-state index is 0.0128. The lowest BCUT2D eigenvalue weighted by Gasteiger charge is -2.36. The number of hydrogen-bond donors (Lipinski definition) is 3. The zero-order chi connectivity index (χ0) is 15.4. The fraction of sp³-hybridized carbons (Fsp3) is 0.857. The summed E-state index contributed by atoms with van der Waals surface area (Å²) in [6.45, 7) is 5.41. The highest BCUT2D eigenvalue weighted by atomic mass is 16.6. The van der Waals surface area contributed by atoms with E-state index in [4.69, 9.17) is 15.6 Å². The van der Waals surface area contributed by atoms with Gasteiger partial charge in [-0.25, -0.2) is 4.79 Å². The molecule has 0 aromatic rings. The molecule has 0 radical (unpaired) electrons. The first-order valence-corrected chi connectivity index (χ1v) is 7.13. The highest BCUT2D eigenvalue weighted by molar-refractivity contribution is 5.69. The maximum atomic E-state index is 12.0. The standard InChI is InChI=1S/C14H26N2O4/c1-13(2,3)20-12(19)16-14(8-4-5-9-14)10(15)6-7-11(17)18/h10H,4-9,15H2,1-3H3,(H,16,19)(H,17,18). The second-order valence-electron chi connectivity index (χ2n) is 6.53. The van der Waals surface area contributed by atoms with E-state index in [9.17, 15) is 9.59 Å². The van der Waals surface area contributed by atoms with Crippen molar-refractivity contribution in [3.63, 3.8) is 0 Å². The highest BCUT2D eigenvalue weighted by Gasteiger charge is 2.41. The van der Waals surface area contributed by atoms with Crippen molar-refractivity contribution in [2.45, 2.75) is 76.5 Å². The van der Waals surface area contributed by atoms with E-state index >= 15 is 0 Å². The van der Waals surface area contributed by atoms with E-state index in [1.165, 1.54) is 0 Å². The summed E-state index contributed by atoms with van der Waals surface area (Å²) < 4.78 is 5.28. The Balaban J connectivity index is 2.67. The Kier molecular flexibility index (Phi) is 5.39. The van der Waals surface area contributed by atoms with Gasteiger partial charge in [-0.1, -0.05) is 12.8 Å². The van der Waals surface area contributed by atoms with Gasteiger partial charge in [-0.05, 0) is 40.0 Å². The SMILES string of the molecule is CC(C)(C)OC(=O)NC1(C(N)CCC(=O)O)CCCC1. The van der Waals surface area contributed by atoms with Gasteiger partial charge >= 0.3 is 12.1 Å². The quantitative estimate of drug-likeness (QED) is 0.717. The van der Waals surface area contributed by atoms with Crippen LogP contribution in [-0.2, 0) is 9.53 Å². The Morgan fingerprint density at radius 3 is 2.35 bits per heavy atom. The molecule has 1 saturated carbocycles. The van der Waals surface area contributed by atoms with Crippen LogP contribution in [-0.4, -0.2) is 34.4 Å². The molecule has 1 unspecified atom stereocenters. The van der Waals surface area contributed by atoms with Gasteiger partial charge < -0.3 is 20.9 Å². The number of amides is 1. The van der Waals surface area contributed by atoms with Crippen LogP contribution in [0.3, 0.4) is 0 Å². The predicted molar refractivity (Wildman–Crippen MR) is 75.4 cm³/mol. The normalized spacial score (nSPS) is 19.4. The lowest BCUT2D eigenvalue weighted by atomic mass is 9.86. The second kappa shape index (κ2) is 6.43. The second-order valence-corrected chi connectivity index (χ2v) is 6.53. The van der Waals surface area contributed by atoms with Crippen molar-refractivity contribution >= 4 is 12.1 Å². The third kappa shape index (κ3) is 5.00. The Morgan fingerprint density at radius 2 is 1.90 bits per heavy atom. The first-order chi connectivity index (χ1) is 9.15. The fourth-order valence-corrected chi connectivity index (χ4v) is 2.66. The summed E-state index contributed by atoms with van der Waals surface area (Å²) in [7, 11) is 0. The number of alkyl carbamates (subject to hydrolysis) is 1. The van der Waals surface area contributed by atoms with E-state index in [0.717, 1.165) is 25.7 Å². The summed E-state index contributed by atoms with van der Waals surface area (Å²) in [6, 6.07) is -0.367. The van der Waals surface area contributed by atoms with Crippen molar-refractivity contribution in [1.82, 2.24) is 5.32 Å². The molecule has 1 rings (SSSR count). The Labute approximate surface area is 120 Å². The van der Waals surface area contributed by atoms with E-state index in [0.29, 0.717) is 6.42 Å². The number of nitrogens with one attached hydrogen (secondary N) is 1. The van der Waals surface area contributed by atoms with Crippen LogP contribution in [0.25, 0.3) is 0 Å². The van der Waals surface area contributed by atoms with Crippen LogP contribution in [0, 0.1) is 0 Å². The lowest BCUT2D eigenvalue weighted by Crippen LogP contribution is -2.59. The fourth-order valence-electron chi connectivity index (χ4n) is 2.66. The van der Waals surface area contributed by atoms with Crippen molar-refractivity contribution < 1.29 is 19.4 Å². The van der Waals surface area contributed by atoms with Gasteiger partial charge in [0.25, 0.3) is 0 Å². The first kappa shape index (κ1) is 16.8. The van der Waals surface area contributed by atoms with Crippen LogP contribution < -0.4 is 11.1 Å². The van der Waals surface area contributed by atoms with Gasteiger partial charge in [0.05, 0.1) is 5.54 Å². The number of ether oxygens (including phenoxy) is 1. The molecule has 0 spiro atoms. The van der Waals surface area contributed by atoms with Gasteiger partial charge in [0.15, 0.2) is 0 Å². The van der Waals surface area contributed by atoms with Crippen LogP contribution >= 0.6 is 0 Å². The third-order valence-electron chi connectivity index (χ3n) is 3.62. The van der Waals surface area contributed by atoms with E-state index in [1.807, 2.05) is 0 Å². The first-order valence-electron chi connectivity index (χ1n) is 7.13. The van der Waals surface area contributed by atoms with Crippen molar-refractivity contribution in [2.24, 2.45) is 5.73 Å². The Bertz CT molecular complexity index is 357. The number of nitrogens with two attached hydrogens (primary N) is 1. The highest BCUT2D eigenvalue weighted by Crippen LogP contribution is 2.33. The zero-order valence-electron chi connectivity index (χ0n) is 12.6. The minimum Gasteiger partial charge on any atom is -0.481 e. The number of hydrogen-bond acceptors (Lipinski definition) is 4. The number of aliphatic carboxylic acids is 1. The zero-order valence-corrected chi connectivity index (χ0v) is 12.6. The monoisotopic (exact) mass is 286 g/mol. The van der Waals surface area contributed by atoms with Crippen molar-refractivity contribution in [1.29, 1.82) is 0 Å². The van der Waals surface area contributed by atoms with Crippen molar-refractivity contribution in [3.05, 3.63) is 0 Å². The summed E-state index contributed by atoms with van der Waals surface area (Å²) in [5.74, 6) is -0.870. The third-order valence-corrected chi connectivity index (χ3v) is 3.62. The van der Waals surface area contributed by atoms with Crippen molar-refractivity contribution in [3.8, 4) is 0 Å². The number of carboxylic acids is 1. The Hall–Kier alpha value is -1.30. The van der Waals surface area contributed by atoms with Gasteiger partial charge in [0.1, 0.15) is 5.60 Å². The smallest absolute Gasteiger partial charge is 0.408 e. The van der Waals surface area contributed by atoms with Gasteiger partial charge in [-0.2, -0.15) is 0 Å². The number of carbonyl (C=O) groups excluding carboxylic acids is 1. The molecule has 6 nitrogen and oxygen atoms in total. The molecular formula is C14H26N2O4. The molecule has 1 aliphatic rings.